The van der Waals surface area contributed by atoms with Crippen molar-refractivity contribution in [3.05, 3.63) is 29.3 Å². The minimum Gasteiger partial charge on any atom is -0.484 e. The van der Waals surface area contributed by atoms with Gasteiger partial charge in [-0.25, -0.2) is 0 Å². The smallest absolute Gasteiger partial charge is 0.305 e. The van der Waals surface area contributed by atoms with Gasteiger partial charge < -0.3 is 14.7 Å². The molecule has 0 aliphatic heterocycles. The molecule has 6 heteroatoms. The highest BCUT2D eigenvalue weighted by Crippen LogP contribution is 2.17. The molecular formula is C15H20ClNO4. The van der Waals surface area contributed by atoms with Gasteiger partial charge in [0, 0.05) is 17.1 Å². The van der Waals surface area contributed by atoms with Crippen molar-refractivity contribution in [1.29, 1.82) is 0 Å². The SMILES string of the molecule is CC(C)(C)N(CCC(=O)O)C(=O)COc1ccc(Cl)cc1. The maximum atomic E-state index is 12.2. The number of ether oxygens (including phenoxy) is 1. The summed E-state index contributed by atoms with van der Waals surface area (Å²) in [7, 11) is 0. The average Bonchev–Trinajstić information content (AvgIpc) is 2.36. The maximum Gasteiger partial charge on any atom is 0.305 e. The number of halogens is 1. The zero-order valence-electron chi connectivity index (χ0n) is 12.4. The Labute approximate surface area is 129 Å². The molecule has 0 unspecified atom stereocenters. The van der Waals surface area contributed by atoms with Crippen LogP contribution in [0.2, 0.25) is 5.02 Å². The van der Waals surface area contributed by atoms with Crippen LogP contribution < -0.4 is 4.74 Å². The molecule has 1 rings (SSSR count). The number of carboxylic acid groups (broad SMARTS) is 1. The molecule has 0 aliphatic carbocycles. The van der Waals surface area contributed by atoms with Gasteiger partial charge in [0.05, 0.1) is 6.42 Å². The van der Waals surface area contributed by atoms with Crippen molar-refractivity contribution in [3.63, 3.8) is 0 Å². The van der Waals surface area contributed by atoms with Crippen LogP contribution in [0.4, 0.5) is 0 Å². The van der Waals surface area contributed by atoms with Crippen LogP contribution in [0.25, 0.3) is 0 Å². The summed E-state index contributed by atoms with van der Waals surface area (Å²) in [6, 6.07) is 6.70. The van der Waals surface area contributed by atoms with E-state index in [0.29, 0.717) is 10.8 Å². The molecule has 0 aliphatic rings. The van der Waals surface area contributed by atoms with Crippen LogP contribution in [0.15, 0.2) is 24.3 Å². The van der Waals surface area contributed by atoms with Gasteiger partial charge in [-0.05, 0) is 45.0 Å². The molecule has 1 N–H and O–H groups in total. The second-order valence-electron chi connectivity index (χ2n) is 5.60. The third-order valence-electron chi connectivity index (χ3n) is 2.84. The predicted octanol–water partition coefficient (Wildman–Crippen LogP) is 2.82. The van der Waals surface area contributed by atoms with Gasteiger partial charge in [0.2, 0.25) is 0 Å². The number of rotatable bonds is 6. The van der Waals surface area contributed by atoms with Gasteiger partial charge in [-0.1, -0.05) is 11.6 Å². The average molecular weight is 314 g/mol. The van der Waals surface area contributed by atoms with Crippen LogP contribution in [0.5, 0.6) is 5.75 Å². The van der Waals surface area contributed by atoms with Crippen LogP contribution in [-0.4, -0.2) is 40.6 Å². The van der Waals surface area contributed by atoms with Crippen LogP contribution in [0.3, 0.4) is 0 Å². The summed E-state index contributed by atoms with van der Waals surface area (Å²) in [5, 5.41) is 9.35. The Balaban J connectivity index is 2.63. The Bertz CT molecular complexity index is 493. The molecule has 0 spiro atoms. The fourth-order valence-corrected chi connectivity index (χ4v) is 1.92. The zero-order chi connectivity index (χ0) is 16.0. The predicted molar refractivity (Wildman–Crippen MR) is 80.7 cm³/mol. The van der Waals surface area contributed by atoms with Gasteiger partial charge in [-0.15, -0.1) is 0 Å². The Kier molecular flexibility index (Phi) is 6.03. The van der Waals surface area contributed by atoms with Crippen molar-refractivity contribution in [2.75, 3.05) is 13.2 Å². The van der Waals surface area contributed by atoms with Crippen LogP contribution >= 0.6 is 11.6 Å². The molecule has 0 bridgehead atoms. The molecule has 1 aromatic carbocycles. The first-order chi connectivity index (χ1) is 9.70. The van der Waals surface area contributed by atoms with Crippen LogP contribution in [0, 0.1) is 0 Å². The van der Waals surface area contributed by atoms with Gasteiger partial charge in [-0.2, -0.15) is 0 Å². The van der Waals surface area contributed by atoms with E-state index in [1.807, 2.05) is 20.8 Å². The summed E-state index contributed by atoms with van der Waals surface area (Å²) in [5.74, 6) is -0.644. The quantitative estimate of drug-likeness (QED) is 0.877. The Morgan fingerprint density at radius 3 is 2.29 bits per heavy atom. The minimum atomic E-state index is -0.935. The number of amides is 1. The van der Waals surface area contributed by atoms with Gasteiger partial charge >= 0.3 is 5.97 Å². The number of aliphatic carboxylic acids is 1. The fraction of sp³-hybridized carbons (Fsp3) is 0.467. The number of hydrogen-bond acceptors (Lipinski definition) is 3. The first-order valence-electron chi connectivity index (χ1n) is 6.61. The van der Waals surface area contributed by atoms with Gasteiger partial charge in [0.25, 0.3) is 5.91 Å². The van der Waals surface area contributed by atoms with Crippen LogP contribution in [-0.2, 0) is 9.59 Å². The Hall–Kier alpha value is -1.75. The molecule has 116 valence electrons. The normalized spacial score (nSPS) is 11.0. The second kappa shape index (κ2) is 7.31. The molecule has 1 aromatic rings. The van der Waals surface area contributed by atoms with E-state index in [-0.39, 0.29) is 25.5 Å². The first-order valence-corrected chi connectivity index (χ1v) is 6.98. The van der Waals surface area contributed by atoms with E-state index in [2.05, 4.69) is 0 Å². The number of benzene rings is 1. The largest absolute Gasteiger partial charge is 0.484 e. The highest BCUT2D eigenvalue weighted by molar-refractivity contribution is 6.30. The highest BCUT2D eigenvalue weighted by Gasteiger charge is 2.27. The first kappa shape index (κ1) is 17.3. The molecule has 1 amide bonds. The standard InChI is InChI=1S/C15H20ClNO4/c1-15(2,3)17(9-8-14(19)20)13(18)10-21-12-6-4-11(16)5-7-12/h4-7H,8-10H2,1-3H3,(H,19,20). The highest BCUT2D eigenvalue weighted by atomic mass is 35.5. The van der Waals surface area contributed by atoms with Crippen molar-refractivity contribution >= 4 is 23.5 Å². The minimum absolute atomic E-state index is 0.0933. The molecular weight excluding hydrogens is 294 g/mol. The Morgan fingerprint density at radius 2 is 1.81 bits per heavy atom. The van der Waals surface area contributed by atoms with E-state index in [1.54, 1.807) is 24.3 Å². The lowest BCUT2D eigenvalue weighted by Gasteiger charge is -2.35. The van der Waals surface area contributed by atoms with E-state index in [9.17, 15) is 9.59 Å². The summed E-state index contributed by atoms with van der Waals surface area (Å²) in [6.45, 7) is 5.58. The van der Waals surface area contributed by atoms with Crippen molar-refractivity contribution < 1.29 is 19.4 Å². The molecule has 0 aromatic heterocycles. The third-order valence-corrected chi connectivity index (χ3v) is 3.09. The second-order valence-corrected chi connectivity index (χ2v) is 6.04. The van der Waals surface area contributed by atoms with Gasteiger partial charge in [-0.3, -0.25) is 9.59 Å². The summed E-state index contributed by atoms with van der Waals surface area (Å²) < 4.78 is 5.41. The lowest BCUT2D eigenvalue weighted by atomic mass is 10.1. The van der Waals surface area contributed by atoms with Crippen LogP contribution in [0.1, 0.15) is 27.2 Å². The van der Waals surface area contributed by atoms with Crippen molar-refractivity contribution in [2.45, 2.75) is 32.7 Å². The third kappa shape index (κ3) is 6.04. The number of carboxylic acids is 1. The summed E-state index contributed by atoms with van der Waals surface area (Å²) in [4.78, 5) is 24.4. The summed E-state index contributed by atoms with van der Waals surface area (Å²) in [6.07, 6.45) is -0.0933. The zero-order valence-corrected chi connectivity index (χ0v) is 13.2. The molecule has 5 nitrogen and oxygen atoms in total. The molecule has 0 saturated carbocycles. The molecule has 21 heavy (non-hydrogen) atoms. The van der Waals surface area contributed by atoms with E-state index < -0.39 is 11.5 Å². The number of hydrogen-bond donors (Lipinski definition) is 1. The monoisotopic (exact) mass is 313 g/mol. The lowest BCUT2D eigenvalue weighted by Crippen LogP contribution is -2.48. The molecule has 0 atom stereocenters. The topological polar surface area (TPSA) is 66.8 Å². The number of carbonyl (C=O) groups is 2. The molecule has 0 radical (unpaired) electrons. The van der Waals surface area contributed by atoms with E-state index >= 15 is 0 Å². The number of nitrogens with zero attached hydrogens (tertiary/aromatic N) is 1. The van der Waals surface area contributed by atoms with Crippen molar-refractivity contribution in [2.24, 2.45) is 0 Å². The van der Waals surface area contributed by atoms with E-state index in [1.165, 1.54) is 4.90 Å². The van der Waals surface area contributed by atoms with Crippen molar-refractivity contribution in [3.8, 4) is 5.75 Å². The lowest BCUT2D eigenvalue weighted by molar-refractivity contribution is -0.141. The van der Waals surface area contributed by atoms with Gasteiger partial charge in [0.1, 0.15) is 5.75 Å². The van der Waals surface area contributed by atoms with E-state index in [4.69, 9.17) is 21.4 Å². The Morgan fingerprint density at radius 1 is 1.24 bits per heavy atom. The molecule has 0 saturated heterocycles. The van der Waals surface area contributed by atoms with Gasteiger partial charge in [0.15, 0.2) is 6.61 Å². The fourth-order valence-electron chi connectivity index (χ4n) is 1.80. The maximum absolute atomic E-state index is 12.2. The number of carbonyl (C=O) groups excluding carboxylic acids is 1. The summed E-state index contributed by atoms with van der Waals surface area (Å²) in [5.41, 5.74) is -0.462. The van der Waals surface area contributed by atoms with Crippen molar-refractivity contribution in [1.82, 2.24) is 4.90 Å². The molecule has 0 fully saturated rings. The molecule has 0 heterocycles. The van der Waals surface area contributed by atoms with E-state index in [0.717, 1.165) is 0 Å². The summed E-state index contributed by atoms with van der Waals surface area (Å²) >= 11 is 5.77.